The van der Waals surface area contributed by atoms with Crippen LogP contribution in [-0.4, -0.2) is 35.3 Å². The van der Waals surface area contributed by atoms with Gasteiger partial charge in [-0.15, -0.1) is 0 Å². The standard InChI is InChI=1S/C15H19NO3/c17-13-6-9-16(11-15(13)7-8-15)14(18)19-10-12-4-2-1-3-5-12/h1-5,13,17H,6-11H2. The molecule has 4 heteroatoms. The Labute approximate surface area is 113 Å². The molecule has 1 aliphatic heterocycles. The molecule has 2 aliphatic rings. The van der Waals surface area contributed by atoms with Gasteiger partial charge in [0.1, 0.15) is 6.61 Å². The molecule has 1 atom stereocenters. The Morgan fingerprint density at radius 2 is 2.11 bits per heavy atom. The van der Waals surface area contributed by atoms with Crippen molar-refractivity contribution >= 4 is 6.09 Å². The van der Waals surface area contributed by atoms with E-state index < -0.39 is 0 Å². The first-order valence-corrected chi connectivity index (χ1v) is 6.83. The lowest BCUT2D eigenvalue weighted by molar-refractivity contribution is 0.00693. The fourth-order valence-corrected chi connectivity index (χ4v) is 2.77. The van der Waals surface area contributed by atoms with Crippen molar-refractivity contribution < 1.29 is 14.6 Å². The predicted molar refractivity (Wildman–Crippen MR) is 70.5 cm³/mol. The minimum atomic E-state index is -0.262. The number of likely N-dealkylation sites (tertiary alicyclic amines) is 1. The van der Waals surface area contributed by atoms with Gasteiger partial charge in [0.05, 0.1) is 6.10 Å². The first-order valence-electron chi connectivity index (χ1n) is 6.83. The van der Waals surface area contributed by atoms with E-state index in [-0.39, 0.29) is 17.6 Å². The van der Waals surface area contributed by atoms with E-state index in [9.17, 15) is 9.90 Å². The van der Waals surface area contributed by atoms with Gasteiger partial charge in [-0.25, -0.2) is 4.79 Å². The topological polar surface area (TPSA) is 49.8 Å². The minimum Gasteiger partial charge on any atom is -0.445 e. The maximum absolute atomic E-state index is 12.0. The van der Waals surface area contributed by atoms with Crippen molar-refractivity contribution in [3.8, 4) is 0 Å². The van der Waals surface area contributed by atoms with Crippen LogP contribution in [0.3, 0.4) is 0 Å². The quantitative estimate of drug-likeness (QED) is 0.887. The normalized spacial score (nSPS) is 24.3. The number of benzene rings is 1. The number of carbonyl (C=O) groups is 1. The highest BCUT2D eigenvalue weighted by Gasteiger charge is 2.52. The molecule has 1 saturated carbocycles. The first-order chi connectivity index (χ1) is 9.20. The second-order valence-electron chi connectivity index (χ2n) is 5.63. The van der Waals surface area contributed by atoms with Crippen LogP contribution in [-0.2, 0) is 11.3 Å². The molecule has 1 aromatic carbocycles. The Morgan fingerprint density at radius 1 is 1.37 bits per heavy atom. The number of piperidine rings is 1. The van der Waals surface area contributed by atoms with Crippen molar-refractivity contribution in [2.24, 2.45) is 5.41 Å². The average Bonchev–Trinajstić information content (AvgIpc) is 3.21. The molecule has 102 valence electrons. The third-order valence-corrected chi connectivity index (χ3v) is 4.24. The molecule has 1 unspecified atom stereocenters. The second-order valence-corrected chi connectivity index (χ2v) is 5.63. The van der Waals surface area contributed by atoms with Gasteiger partial charge < -0.3 is 14.7 Å². The highest BCUT2D eigenvalue weighted by molar-refractivity contribution is 5.68. The summed E-state index contributed by atoms with van der Waals surface area (Å²) < 4.78 is 5.33. The van der Waals surface area contributed by atoms with E-state index in [1.807, 2.05) is 30.3 Å². The van der Waals surface area contributed by atoms with E-state index in [0.29, 0.717) is 26.1 Å². The van der Waals surface area contributed by atoms with Crippen molar-refractivity contribution in [3.05, 3.63) is 35.9 Å². The molecule has 0 radical (unpaired) electrons. The maximum atomic E-state index is 12.0. The average molecular weight is 261 g/mol. The number of aliphatic hydroxyl groups is 1. The third kappa shape index (κ3) is 2.59. The van der Waals surface area contributed by atoms with Crippen molar-refractivity contribution in [3.63, 3.8) is 0 Å². The molecule has 4 nitrogen and oxygen atoms in total. The van der Waals surface area contributed by atoms with Crippen molar-refractivity contribution in [2.45, 2.75) is 32.0 Å². The van der Waals surface area contributed by atoms with Gasteiger partial charge >= 0.3 is 6.09 Å². The number of amides is 1. The van der Waals surface area contributed by atoms with Gasteiger partial charge in [0.15, 0.2) is 0 Å². The molecule has 0 bridgehead atoms. The number of aliphatic hydroxyl groups excluding tert-OH is 1. The molecular weight excluding hydrogens is 242 g/mol. The van der Waals surface area contributed by atoms with Crippen LogP contribution in [0, 0.1) is 5.41 Å². The summed E-state index contributed by atoms with van der Waals surface area (Å²) in [6.07, 6.45) is 2.21. The number of nitrogens with zero attached hydrogens (tertiary/aromatic N) is 1. The van der Waals surface area contributed by atoms with Crippen LogP contribution in [0.2, 0.25) is 0 Å². The number of rotatable bonds is 2. The van der Waals surface area contributed by atoms with E-state index >= 15 is 0 Å². The Balaban J connectivity index is 1.53. The summed E-state index contributed by atoms with van der Waals surface area (Å²) in [5, 5.41) is 9.93. The molecule has 2 fully saturated rings. The predicted octanol–water partition coefficient (Wildman–Crippen LogP) is 2.17. The van der Waals surface area contributed by atoms with Crippen molar-refractivity contribution in [2.75, 3.05) is 13.1 Å². The summed E-state index contributed by atoms with van der Waals surface area (Å²) in [6.45, 7) is 1.55. The fourth-order valence-electron chi connectivity index (χ4n) is 2.77. The smallest absolute Gasteiger partial charge is 0.410 e. The largest absolute Gasteiger partial charge is 0.445 e. The van der Waals surface area contributed by atoms with Gasteiger partial charge in [0.25, 0.3) is 0 Å². The number of ether oxygens (including phenoxy) is 1. The Hall–Kier alpha value is -1.55. The lowest BCUT2D eigenvalue weighted by Crippen LogP contribution is -2.47. The fraction of sp³-hybridized carbons (Fsp3) is 0.533. The SMILES string of the molecule is O=C(OCc1ccccc1)N1CCC(O)C2(CC2)C1. The number of hydrogen-bond donors (Lipinski definition) is 1. The summed E-state index contributed by atoms with van der Waals surface area (Å²) in [5.74, 6) is 0. The molecular formula is C15H19NO3. The molecule has 0 aromatic heterocycles. The van der Waals surface area contributed by atoms with Crippen molar-refractivity contribution in [1.29, 1.82) is 0 Å². The maximum Gasteiger partial charge on any atom is 0.410 e. The zero-order valence-corrected chi connectivity index (χ0v) is 10.9. The van der Waals surface area contributed by atoms with Gasteiger partial charge in [0, 0.05) is 18.5 Å². The number of hydrogen-bond acceptors (Lipinski definition) is 3. The zero-order valence-electron chi connectivity index (χ0n) is 10.9. The van der Waals surface area contributed by atoms with Crippen LogP contribution >= 0.6 is 0 Å². The Kier molecular flexibility index (Phi) is 3.19. The van der Waals surface area contributed by atoms with Gasteiger partial charge in [-0.2, -0.15) is 0 Å². The lowest BCUT2D eigenvalue weighted by Gasteiger charge is -2.35. The van der Waals surface area contributed by atoms with Gasteiger partial charge in [0.2, 0.25) is 0 Å². The van der Waals surface area contributed by atoms with Gasteiger partial charge in [-0.3, -0.25) is 0 Å². The van der Waals surface area contributed by atoms with E-state index in [2.05, 4.69) is 0 Å². The van der Waals surface area contributed by atoms with Gasteiger partial charge in [-0.1, -0.05) is 30.3 Å². The van der Waals surface area contributed by atoms with Crippen LogP contribution in [0.25, 0.3) is 0 Å². The molecule has 1 aliphatic carbocycles. The second kappa shape index (κ2) is 4.85. The molecule has 1 heterocycles. The number of carbonyl (C=O) groups excluding carboxylic acids is 1. The van der Waals surface area contributed by atoms with E-state index in [1.165, 1.54) is 0 Å². The van der Waals surface area contributed by atoms with E-state index in [4.69, 9.17) is 4.74 Å². The molecule has 1 N–H and O–H groups in total. The van der Waals surface area contributed by atoms with Crippen molar-refractivity contribution in [1.82, 2.24) is 4.90 Å². The Bertz CT molecular complexity index is 456. The summed E-state index contributed by atoms with van der Waals surface area (Å²) in [7, 11) is 0. The molecule has 1 saturated heterocycles. The monoisotopic (exact) mass is 261 g/mol. The van der Waals surface area contributed by atoms with E-state index in [1.54, 1.807) is 4.90 Å². The molecule has 1 spiro atoms. The first kappa shape index (κ1) is 12.5. The summed E-state index contributed by atoms with van der Waals surface area (Å²) in [5.41, 5.74) is 0.971. The molecule has 3 rings (SSSR count). The highest BCUT2D eigenvalue weighted by Crippen LogP contribution is 2.52. The molecule has 19 heavy (non-hydrogen) atoms. The van der Waals surface area contributed by atoms with Crippen LogP contribution in [0.15, 0.2) is 30.3 Å². The molecule has 1 amide bonds. The summed E-state index contributed by atoms with van der Waals surface area (Å²) in [6, 6.07) is 9.68. The summed E-state index contributed by atoms with van der Waals surface area (Å²) >= 11 is 0. The zero-order chi connectivity index (χ0) is 13.3. The van der Waals surface area contributed by atoms with E-state index in [0.717, 1.165) is 18.4 Å². The third-order valence-electron chi connectivity index (χ3n) is 4.24. The summed E-state index contributed by atoms with van der Waals surface area (Å²) in [4.78, 5) is 13.8. The minimum absolute atomic E-state index is 0.0238. The highest BCUT2D eigenvalue weighted by atomic mass is 16.6. The Morgan fingerprint density at radius 3 is 2.79 bits per heavy atom. The molecule has 1 aromatic rings. The van der Waals surface area contributed by atoms with Crippen LogP contribution < -0.4 is 0 Å². The lowest BCUT2D eigenvalue weighted by atomic mass is 9.92. The van der Waals surface area contributed by atoms with Gasteiger partial charge in [-0.05, 0) is 24.8 Å². The van der Waals surface area contributed by atoms with Crippen LogP contribution in [0.5, 0.6) is 0 Å². The van der Waals surface area contributed by atoms with Crippen LogP contribution in [0.1, 0.15) is 24.8 Å². The van der Waals surface area contributed by atoms with Crippen LogP contribution in [0.4, 0.5) is 4.79 Å².